The molecule has 2 aliphatic rings. The highest BCUT2D eigenvalue weighted by Gasteiger charge is 2.33. The molecule has 119 valence electrons. The van der Waals surface area contributed by atoms with Crippen molar-refractivity contribution in [2.24, 2.45) is 5.73 Å². The van der Waals surface area contributed by atoms with Crippen molar-refractivity contribution in [3.63, 3.8) is 0 Å². The van der Waals surface area contributed by atoms with Gasteiger partial charge < -0.3 is 15.4 Å². The average molecular weight is 391 g/mol. The first-order valence-electron chi connectivity index (χ1n) is 6.64. The lowest BCUT2D eigenvalue weighted by atomic mass is 10.0. The van der Waals surface area contributed by atoms with Crippen molar-refractivity contribution in [2.45, 2.75) is 18.9 Å². The summed E-state index contributed by atoms with van der Waals surface area (Å²) in [7, 11) is 0. The third-order valence-corrected chi connectivity index (χ3v) is 3.87. The highest BCUT2D eigenvalue weighted by Crippen LogP contribution is 2.32. The molecule has 2 heterocycles. The van der Waals surface area contributed by atoms with Crippen molar-refractivity contribution in [3.8, 4) is 5.75 Å². The zero-order chi connectivity index (χ0) is 15.0. The van der Waals surface area contributed by atoms with Crippen LogP contribution in [0.2, 0.25) is 0 Å². The first-order valence-corrected chi connectivity index (χ1v) is 7.05. The van der Waals surface area contributed by atoms with E-state index in [-0.39, 0.29) is 35.4 Å². The highest BCUT2D eigenvalue weighted by atomic mass is 79.9. The second kappa shape index (κ2) is 6.89. The molecule has 0 fully saturated rings. The van der Waals surface area contributed by atoms with Crippen LogP contribution in [0, 0.1) is 11.6 Å². The van der Waals surface area contributed by atoms with Crippen molar-refractivity contribution in [1.82, 2.24) is 10.2 Å². The highest BCUT2D eigenvalue weighted by molar-refractivity contribution is 8.93. The first kappa shape index (κ1) is 17.1. The Morgan fingerprint density at radius 2 is 2.18 bits per heavy atom. The van der Waals surface area contributed by atoms with Crippen LogP contribution in [0.5, 0.6) is 5.75 Å². The van der Waals surface area contributed by atoms with Crippen LogP contribution in [0.3, 0.4) is 0 Å². The van der Waals surface area contributed by atoms with Crippen LogP contribution in [0.15, 0.2) is 24.0 Å². The lowest BCUT2D eigenvalue weighted by molar-refractivity contribution is 0.188. The van der Waals surface area contributed by atoms with Gasteiger partial charge in [-0.1, -0.05) is 0 Å². The number of ether oxygens (including phenoxy) is 1. The Balaban J connectivity index is 0.00000176. The Kier molecular flexibility index (Phi) is 5.36. The number of hydrogen-bond acceptors (Lipinski definition) is 3. The topological polar surface area (TPSA) is 52.6 Å². The van der Waals surface area contributed by atoms with Crippen LogP contribution in [-0.2, 0) is 6.42 Å². The van der Waals surface area contributed by atoms with Gasteiger partial charge in [-0.05, 0) is 24.8 Å². The molecule has 2 aliphatic heterocycles. The fourth-order valence-corrected chi connectivity index (χ4v) is 3.00. The predicted molar refractivity (Wildman–Crippen MR) is 88.0 cm³/mol. The number of hydrogen-bond donors (Lipinski definition) is 1. The van der Waals surface area contributed by atoms with Gasteiger partial charge in [0, 0.05) is 36.4 Å². The van der Waals surface area contributed by atoms with Crippen molar-refractivity contribution >= 4 is 34.3 Å². The van der Waals surface area contributed by atoms with E-state index in [0.29, 0.717) is 30.1 Å². The maximum atomic E-state index is 13.7. The second-order valence-corrected chi connectivity index (χ2v) is 5.35. The van der Waals surface area contributed by atoms with Gasteiger partial charge in [0.25, 0.3) is 0 Å². The Bertz CT molecular complexity index is 626. The molecule has 0 amide bonds. The summed E-state index contributed by atoms with van der Waals surface area (Å²) in [6.07, 6.45) is 2.78. The SMILES string of the molecule is Br.NCCC1=C[N]C(=S)N1[C@H]1COc2c(F)cc(F)cc2C1. The standard InChI is InChI=1S/C14H14F2N3OS.BrH/c15-9-3-8-4-11(7-20-13(8)12(16)5-9)19-10(1-2-17)6-18-14(19)21;/h3,5-6,11H,1-2,4,7,17H2;1H/t11-;/m1./s1. The number of halogens is 3. The van der Waals surface area contributed by atoms with Crippen LogP contribution in [0.1, 0.15) is 12.0 Å². The predicted octanol–water partition coefficient (Wildman–Crippen LogP) is 2.24. The van der Waals surface area contributed by atoms with E-state index < -0.39 is 11.6 Å². The van der Waals surface area contributed by atoms with E-state index in [9.17, 15) is 8.78 Å². The molecule has 1 aromatic carbocycles. The van der Waals surface area contributed by atoms with E-state index in [0.717, 1.165) is 11.8 Å². The summed E-state index contributed by atoms with van der Waals surface area (Å²) in [4.78, 5) is 1.87. The molecule has 0 spiro atoms. The lowest BCUT2D eigenvalue weighted by Gasteiger charge is -2.34. The maximum absolute atomic E-state index is 13.7. The first-order chi connectivity index (χ1) is 10.1. The Morgan fingerprint density at radius 1 is 1.41 bits per heavy atom. The van der Waals surface area contributed by atoms with Gasteiger partial charge in [-0.3, -0.25) is 0 Å². The monoisotopic (exact) mass is 390 g/mol. The Hall–Kier alpha value is -1.25. The van der Waals surface area contributed by atoms with Gasteiger partial charge >= 0.3 is 0 Å². The summed E-state index contributed by atoms with van der Waals surface area (Å²) in [5.41, 5.74) is 7.00. The molecule has 2 N–H and O–H groups in total. The third kappa shape index (κ3) is 3.09. The summed E-state index contributed by atoms with van der Waals surface area (Å²) in [5.74, 6) is -1.16. The smallest absolute Gasteiger partial charge is 0.200 e. The average Bonchev–Trinajstić information content (AvgIpc) is 2.79. The number of nitrogens with two attached hydrogens (primary N) is 1. The van der Waals surface area contributed by atoms with Crippen molar-refractivity contribution in [3.05, 3.63) is 41.2 Å². The van der Waals surface area contributed by atoms with E-state index in [4.69, 9.17) is 22.7 Å². The molecule has 22 heavy (non-hydrogen) atoms. The number of rotatable bonds is 3. The minimum absolute atomic E-state index is 0. The van der Waals surface area contributed by atoms with E-state index >= 15 is 0 Å². The molecule has 3 rings (SSSR count). The summed E-state index contributed by atoms with van der Waals surface area (Å²) in [5, 5.41) is 4.56. The second-order valence-electron chi connectivity index (χ2n) is 4.99. The minimum atomic E-state index is -0.671. The summed E-state index contributed by atoms with van der Waals surface area (Å²) < 4.78 is 32.5. The van der Waals surface area contributed by atoms with Gasteiger partial charge in [0.05, 0.1) is 6.04 Å². The van der Waals surface area contributed by atoms with E-state index in [1.54, 1.807) is 6.20 Å². The molecule has 1 aromatic rings. The molecule has 0 saturated carbocycles. The molecule has 4 nitrogen and oxygen atoms in total. The van der Waals surface area contributed by atoms with Crippen LogP contribution in [0.4, 0.5) is 8.78 Å². The molecular formula is C14H15BrF2N3OS. The van der Waals surface area contributed by atoms with Crippen LogP contribution < -0.4 is 15.8 Å². The molecule has 1 radical (unpaired) electrons. The molecule has 0 saturated heterocycles. The van der Waals surface area contributed by atoms with Gasteiger partial charge in [0.15, 0.2) is 16.7 Å². The minimum Gasteiger partial charge on any atom is -0.488 e. The number of fused-ring (bicyclic) bond motifs is 1. The maximum Gasteiger partial charge on any atom is 0.200 e. The van der Waals surface area contributed by atoms with Crippen molar-refractivity contribution < 1.29 is 13.5 Å². The van der Waals surface area contributed by atoms with E-state index in [2.05, 4.69) is 5.32 Å². The fraction of sp³-hybridized carbons (Fsp3) is 0.357. The molecular weight excluding hydrogens is 376 g/mol. The molecule has 8 heteroatoms. The van der Waals surface area contributed by atoms with Gasteiger partial charge in [0.2, 0.25) is 0 Å². The van der Waals surface area contributed by atoms with Crippen LogP contribution >= 0.6 is 29.2 Å². The molecule has 0 aromatic heterocycles. The fourth-order valence-electron chi connectivity index (χ4n) is 2.69. The normalized spacial score (nSPS) is 19.8. The van der Waals surface area contributed by atoms with Crippen molar-refractivity contribution in [1.29, 1.82) is 0 Å². The lowest BCUT2D eigenvalue weighted by Crippen LogP contribution is -2.44. The largest absolute Gasteiger partial charge is 0.488 e. The van der Waals surface area contributed by atoms with Crippen LogP contribution in [-0.4, -0.2) is 29.2 Å². The molecule has 0 bridgehead atoms. The van der Waals surface area contributed by atoms with Gasteiger partial charge in [0.1, 0.15) is 12.4 Å². The van der Waals surface area contributed by atoms with Crippen molar-refractivity contribution in [2.75, 3.05) is 13.2 Å². The number of benzene rings is 1. The number of thiocarbonyl (C=S) groups is 1. The Labute approximate surface area is 143 Å². The Morgan fingerprint density at radius 3 is 2.91 bits per heavy atom. The summed E-state index contributed by atoms with van der Waals surface area (Å²) >= 11 is 5.23. The van der Waals surface area contributed by atoms with E-state index in [1.807, 2.05) is 4.90 Å². The van der Waals surface area contributed by atoms with Gasteiger partial charge in [-0.25, -0.2) is 14.1 Å². The van der Waals surface area contributed by atoms with Crippen LogP contribution in [0.25, 0.3) is 0 Å². The summed E-state index contributed by atoms with van der Waals surface area (Å²) in [6, 6.07) is 2.00. The molecule has 0 aliphatic carbocycles. The van der Waals surface area contributed by atoms with Gasteiger partial charge in [-0.15, -0.1) is 17.0 Å². The molecule has 1 atom stereocenters. The zero-order valence-corrected chi connectivity index (χ0v) is 14.1. The third-order valence-electron chi connectivity index (χ3n) is 3.57. The van der Waals surface area contributed by atoms with E-state index in [1.165, 1.54) is 6.07 Å². The summed E-state index contributed by atoms with van der Waals surface area (Å²) in [6.45, 7) is 0.751. The molecule has 0 unspecified atom stereocenters. The van der Waals surface area contributed by atoms with Gasteiger partial charge in [-0.2, -0.15) is 0 Å². The quantitative estimate of drug-likeness (QED) is 0.804. The zero-order valence-electron chi connectivity index (χ0n) is 11.6. The number of nitrogens with zero attached hydrogens (tertiary/aromatic N) is 2.